The van der Waals surface area contributed by atoms with Crippen molar-refractivity contribution in [3.05, 3.63) is 17.5 Å². The molecule has 1 heterocycles. The van der Waals surface area contributed by atoms with Crippen LogP contribution in [0.15, 0.2) is 11.1 Å². The summed E-state index contributed by atoms with van der Waals surface area (Å²) in [5.74, 6) is 0.901. The topological polar surface area (TPSA) is 54.2 Å². The van der Waals surface area contributed by atoms with Gasteiger partial charge in [0, 0.05) is 30.1 Å². The maximum atomic E-state index is 4.67. The highest BCUT2D eigenvalue weighted by Crippen LogP contribution is 2.20. The Labute approximate surface area is 139 Å². The normalized spacial score (nSPS) is 12.5. The molecule has 6 heteroatoms. The number of hydrogen-bond acceptors (Lipinski definition) is 3. The molecule has 0 spiro atoms. The standard InChI is InChI=1S/C16H31N5S/c1-7-17-15(19-12-16(4,5)22-6)18-9-8-10-21-14(3)11-13(2)20-21/h11H,7-10,12H2,1-6H3,(H2,17,18,19). The zero-order chi connectivity index (χ0) is 16.6. The van der Waals surface area contributed by atoms with Crippen LogP contribution >= 0.6 is 11.8 Å². The van der Waals surface area contributed by atoms with Crippen molar-refractivity contribution in [1.29, 1.82) is 0 Å². The second kappa shape index (κ2) is 9.08. The number of aliphatic imine (C=N–C) groups is 1. The summed E-state index contributed by atoms with van der Waals surface area (Å²) in [6, 6.07) is 2.11. The van der Waals surface area contributed by atoms with Gasteiger partial charge in [-0.2, -0.15) is 16.9 Å². The Morgan fingerprint density at radius 1 is 1.36 bits per heavy atom. The number of aromatic nitrogens is 2. The third-order valence-corrected chi connectivity index (χ3v) is 4.69. The molecule has 2 N–H and O–H groups in total. The molecule has 0 saturated heterocycles. The van der Waals surface area contributed by atoms with Crippen molar-refractivity contribution in [2.24, 2.45) is 4.99 Å². The molecule has 0 aliphatic carbocycles. The van der Waals surface area contributed by atoms with E-state index in [9.17, 15) is 0 Å². The first-order valence-corrected chi connectivity index (χ1v) is 9.19. The molecule has 0 aliphatic rings. The summed E-state index contributed by atoms with van der Waals surface area (Å²) in [6.45, 7) is 14.2. The Morgan fingerprint density at radius 3 is 2.64 bits per heavy atom. The first kappa shape index (κ1) is 18.9. The van der Waals surface area contributed by atoms with Crippen molar-refractivity contribution < 1.29 is 0 Å². The number of aryl methyl sites for hydroxylation is 3. The van der Waals surface area contributed by atoms with E-state index in [4.69, 9.17) is 0 Å². The Hall–Kier alpha value is -1.17. The van der Waals surface area contributed by atoms with Crippen LogP contribution in [0.2, 0.25) is 0 Å². The van der Waals surface area contributed by atoms with Gasteiger partial charge < -0.3 is 10.6 Å². The number of hydrogen-bond donors (Lipinski definition) is 2. The van der Waals surface area contributed by atoms with E-state index in [1.165, 1.54) is 5.69 Å². The second-order valence-corrected chi connectivity index (χ2v) is 7.60. The monoisotopic (exact) mass is 325 g/mol. The van der Waals surface area contributed by atoms with Crippen LogP contribution in [-0.2, 0) is 6.54 Å². The maximum Gasteiger partial charge on any atom is 0.191 e. The van der Waals surface area contributed by atoms with Crippen molar-refractivity contribution in [1.82, 2.24) is 20.4 Å². The lowest BCUT2D eigenvalue weighted by molar-refractivity contribution is 0.555. The molecule has 0 radical (unpaired) electrons. The predicted octanol–water partition coefficient (Wildman–Crippen LogP) is 2.59. The van der Waals surface area contributed by atoms with Gasteiger partial charge in [0.1, 0.15) is 0 Å². The molecule has 5 nitrogen and oxygen atoms in total. The molecule has 0 saturated carbocycles. The van der Waals surface area contributed by atoms with Crippen molar-refractivity contribution in [3.8, 4) is 0 Å². The molecule has 0 fully saturated rings. The van der Waals surface area contributed by atoms with Crippen LogP contribution in [0.1, 0.15) is 38.6 Å². The van der Waals surface area contributed by atoms with Gasteiger partial charge in [0.25, 0.3) is 0 Å². The van der Waals surface area contributed by atoms with Gasteiger partial charge in [-0.1, -0.05) is 0 Å². The number of nitrogens with one attached hydrogen (secondary N) is 2. The molecule has 1 aromatic rings. The van der Waals surface area contributed by atoms with Crippen molar-refractivity contribution in [3.63, 3.8) is 0 Å². The molecule has 1 rings (SSSR count). The molecule has 0 aliphatic heterocycles. The summed E-state index contributed by atoms with van der Waals surface area (Å²) in [5, 5.41) is 11.2. The average molecular weight is 326 g/mol. The molecule has 0 amide bonds. The molecule has 126 valence electrons. The highest BCUT2D eigenvalue weighted by atomic mass is 32.2. The summed E-state index contributed by atoms with van der Waals surface area (Å²) < 4.78 is 2.24. The number of nitrogens with zero attached hydrogens (tertiary/aromatic N) is 3. The van der Waals surface area contributed by atoms with Crippen LogP contribution in [0.25, 0.3) is 0 Å². The molecule has 1 aromatic heterocycles. The fraction of sp³-hybridized carbons (Fsp3) is 0.750. The highest BCUT2D eigenvalue weighted by Gasteiger charge is 2.15. The lowest BCUT2D eigenvalue weighted by Crippen LogP contribution is -2.39. The molecule has 0 unspecified atom stereocenters. The van der Waals surface area contributed by atoms with Crippen molar-refractivity contribution in [2.45, 2.75) is 52.3 Å². The first-order valence-electron chi connectivity index (χ1n) is 7.96. The second-order valence-electron chi connectivity index (χ2n) is 6.09. The molecule has 0 aromatic carbocycles. The van der Waals surface area contributed by atoms with Gasteiger partial charge in [0.2, 0.25) is 0 Å². The fourth-order valence-corrected chi connectivity index (χ4v) is 2.21. The highest BCUT2D eigenvalue weighted by molar-refractivity contribution is 7.99. The Morgan fingerprint density at radius 2 is 2.09 bits per heavy atom. The summed E-state index contributed by atoms with van der Waals surface area (Å²) >= 11 is 1.84. The molecule has 22 heavy (non-hydrogen) atoms. The van der Waals surface area contributed by atoms with E-state index < -0.39 is 0 Å². The molecule has 0 bridgehead atoms. The Kier molecular flexibility index (Phi) is 7.79. The van der Waals surface area contributed by atoms with Gasteiger partial charge in [-0.3, -0.25) is 9.67 Å². The van der Waals surface area contributed by atoms with Crippen LogP contribution < -0.4 is 10.6 Å². The van der Waals surface area contributed by atoms with Crippen LogP contribution in [0.3, 0.4) is 0 Å². The van der Waals surface area contributed by atoms with E-state index in [0.29, 0.717) is 0 Å². The Bertz CT molecular complexity index is 479. The number of guanidine groups is 1. The van der Waals surface area contributed by atoms with Crippen LogP contribution in [-0.4, -0.2) is 46.4 Å². The molecule has 0 atom stereocenters. The third-order valence-electron chi connectivity index (χ3n) is 3.46. The molecular formula is C16H31N5S. The van der Waals surface area contributed by atoms with E-state index >= 15 is 0 Å². The zero-order valence-corrected chi connectivity index (χ0v) is 15.7. The smallest absolute Gasteiger partial charge is 0.191 e. The SMILES string of the molecule is CCNC(=NCC(C)(C)SC)NCCCn1nc(C)cc1C. The zero-order valence-electron chi connectivity index (χ0n) is 14.9. The lowest BCUT2D eigenvalue weighted by atomic mass is 10.2. The van der Waals surface area contributed by atoms with Gasteiger partial charge >= 0.3 is 0 Å². The predicted molar refractivity (Wildman–Crippen MR) is 97.9 cm³/mol. The van der Waals surface area contributed by atoms with Crippen LogP contribution in [0, 0.1) is 13.8 Å². The van der Waals surface area contributed by atoms with E-state index in [-0.39, 0.29) is 4.75 Å². The largest absolute Gasteiger partial charge is 0.357 e. The van der Waals surface area contributed by atoms with Gasteiger partial charge in [-0.25, -0.2) is 0 Å². The van der Waals surface area contributed by atoms with Gasteiger partial charge in [0.15, 0.2) is 5.96 Å². The minimum absolute atomic E-state index is 0.173. The van der Waals surface area contributed by atoms with Crippen LogP contribution in [0.5, 0.6) is 0 Å². The summed E-state index contributed by atoms with van der Waals surface area (Å²) in [7, 11) is 0. The number of rotatable bonds is 8. The summed E-state index contributed by atoms with van der Waals surface area (Å²) in [4.78, 5) is 4.67. The van der Waals surface area contributed by atoms with Gasteiger partial charge in [-0.15, -0.1) is 0 Å². The first-order chi connectivity index (χ1) is 10.4. The summed E-state index contributed by atoms with van der Waals surface area (Å²) in [6.07, 6.45) is 3.16. The van der Waals surface area contributed by atoms with Crippen LogP contribution in [0.4, 0.5) is 0 Å². The third kappa shape index (κ3) is 6.73. The maximum absolute atomic E-state index is 4.67. The quantitative estimate of drug-likeness (QED) is 0.438. The van der Waals surface area contributed by atoms with E-state index in [1.54, 1.807) is 0 Å². The van der Waals surface area contributed by atoms with Crippen molar-refractivity contribution in [2.75, 3.05) is 25.9 Å². The number of thioether (sulfide) groups is 1. The van der Waals surface area contributed by atoms with Crippen molar-refractivity contribution >= 4 is 17.7 Å². The van der Waals surface area contributed by atoms with E-state index in [0.717, 1.165) is 44.3 Å². The average Bonchev–Trinajstić information content (AvgIpc) is 2.79. The van der Waals surface area contributed by atoms with E-state index in [1.807, 2.05) is 18.7 Å². The Balaban J connectivity index is 2.41. The lowest BCUT2D eigenvalue weighted by Gasteiger charge is -2.20. The summed E-state index contributed by atoms with van der Waals surface area (Å²) in [5.41, 5.74) is 2.31. The van der Waals surface area contributed by atoms with Gasteiger partial charge in [-0.05, 0) is 53.4 Å². The van der Waals surface area contributed by atoms with Gasteiger partial charge in [0.05, 0.1) is 12.2 Å². The minimum Gasteiger partial charge on any atom is -0.357 e. The van der Waals surface area contributed by atoms with E-state index in [2.05, 4.69) is 65.4 Å². The molecular weight excluding hydrogens is 294 g/mol. The minimum atomic E-state index is 0.173. The fourth-order valence-electron chi connectivity index (χ4n) is 2.01.